The van der Waals surface area contributed by atoms with E-state index in [0.29, 0.717) is 12.1 Å². The van der Waals surface area contributed by atoms with Crippen LogP contribution in [-0.4, -0.2) is 54.9 Å². The molecule has 3 amide bonds. The smallest absolute Gasteiger partial charge is 0.337 e. The molecule has 0 aliphatic rings. The van der Waals surface area contributed by atoms with Crippen LogP contribution in [0.25, 0.3) is 10.6 Å². The maximum atomic E-state index is 13.2. The maximum absolute atomic E-state index is 13.2. The first-order valence-electron chi connectivity index (χ1n) is 11.1. The third-order valence-corrected chi connectivity index (χ3v) is 6.17. The van der Waals surface area contributed by atoms with E-state index in [1.165, 1.54) is 36.4 Å². The number of carbonyl (C=O) groups excluding carboxylic acids is 3. The number of carbonyl (C=O) groups is 3. The Bertz CT molecular complexity index is 1530. The summed E-state index contributed by atoms with van der Waals surface area (Å²) in [7, 11) is 1.38. The number of nitrogens with one attached hydrogen (secondary N) is 2. The van der Waals surface area contributed by atoms with Crippen LogP contribution in [0.2, 0.25) is 0 Å². The number of aromatic nitrogens is 6. The Morgan fingerprint density at radius 3 is 2.67 bits per heavy atom. The van der Waals surface area contributed by atoms with Crippen LogP contribution in [0.15, 0.2) is 28.5 Å². The van der Waals surface area contributed by atoms with Crippen LogP contribution >= 0.6 is 11.3 Å². The van der Waals surface area contributed by atoms with Crippen molar-refractivity contribution in [2.45, 2.75) is 33.1 Å². The molecule has 13 nitrogen and oxygen atoms in total. The van der Waals surface area contributed by atoms with Gasteiger partial charge in [0.05, 0.1) is 18.4 Å². The SMILES string of the molecule is Cc1noc(CNC(=O)N(C)c2ncn(CC(=O)Nc3csc(-c4cnc(C)c(C(F)(F)F)c4)n3)c2C=O)n1. The summed E-state index contributed by atoms with van der Waals surface area (Å²) >= 11 is 1.02. The van der Waals surface area contributed by atoms with E-state index in [2.05, 4.69) is 35.7 Å². The van der Waals surface area contributed by atoms with Crippen LogP contribution in [0.3, 0.4) is 0 Å². The number of aldehydes is 1. The minimum absolute atomic E-state index is 0.000272. The molecule has 0 bridgehead atoms. The topological polar surface area (TPSA) is 161 Å². The Balaban J connectivity index is 1.41. The monoisotopic (exact) mass is 563 g/mol. The Kier molecular flexibility index (Phi) is 7.70. The highest BCUT2D eigenvalue weighted by molar-refractivity contribution is 7.13. The van der Waals surface area contributed by atoms with Crippen molar-refractivity contribution < 1.29 is 32.1 Å². The molecule has 0 atom stereocenters. The lowest BCUT2D eigenvalue weighted by Crippen LogP contribution is -2.37. The first kappa shape index (κ1) is 27.4. The van der Waals surface area contributed by atoms with Gasteiger partial charge in [-0.05, 0) is 19.9 Å². The summed E-state index contributed by atoms with van der Waals surface area (Å²) in [6.07, 6.45) is -1.63. The van der Waals surface area contributed by atoms with E-state index >= 15 is 0 Å². The molecule has 0 fully saturated rings. The van der Waals surface area contributed by atoms with Crippen LogP contribution < -0.4 is 15.5 Å². The van der Waals surface area contributed by atoms with Crippen molar-refractivity contribution in [2.24, 2.45) is 0 Å². The lowest BCUT2D eigenvalue weighted by atomic mass is 10.1. The Morgan fingerprint density at radius 1 is 1.23 bits per heavy atom. The number of thiazole rings is 1. The van der Waals surface area contributed by atoms with Crippen LogP contribution in [0, 0.1) is 13.8 Å². The number of urea groups is 1. The zero-order valence-electron chi connectivity index (χ0n) is 20.6. The van der Waals surface area contributed by atoms with Crippen LogP contribution in [0.4, 0.5) is 29.6 Å². The number of halogens is 3. The van der Waals surface area contributed by atoms with Gasteiger partial charge in [-0.3, -0.25) is 19.5 Å². The molecule has 17 heteroatoms. The van der Waals surface area contributed by atoms with Gasteiger partial charge in [-0.2, -0.15) is 18.2 Å². The largest absolute Gasteiger partial charge is 0.418 e. The third kappa shape index (κ3) is 6.25. The molecule has 0 unspecified atom stereocenters. The number of hydrogen-bond donors (Lipinski definition) is 2. The molecule has 2 N–H and O–H groups in total. The summed E-state index contributed by atoms with van der Waals surface area (Å²) in [5.74, 6) is 0.118. The lowest BCUT2D eigenvalue weighted by Gasteiger charge is -2.15. The molecule has 4 heterocycles. The Morgan fingerprint density at radius 2 is 2.00 bits per heavy atom. The van der Waals surface area contributed by atoms with E-state index in [9.17, 15) is 27.6 Å². The molecule has 4 aromatic heterocycles. The van der Waals surface area contributed by atoms with E-state index in [0.717, 1.165) is 22.3 Å². The molecule has 0 aliphatic heterocycles. The van der Waals surface area contributed by atoms with Gasteiger partial charge < -0.3 is 19.7 Å². The van der Waals surface area contributed by atoms with Crippen LogP contribution in [0.1, 0.15) is 33.5 Å². The molecular formula is C22H20F3N9O4S. The van der Waals surface area contributed by atoms with E-state index in [-0.39, 0.29) is 52.6 Å². The zero-order chi connectivity index (χ0) is 28.3. The van der Waals surface area contributed by atoms with Gasteiger partial charge in [0.2, 0.25) is 11.8 Å². The van der Waals surface area contributed by atoms with Gasteiger partial charge >= 0.3 is 12.2 Å². The normalized spacial score (nSPS) is 11.3. The fraction of sp³-hybridized carbons (Fsp3) is 0.273. The standard InChI is InChI=1S/C22H20F3N9O4S/c1-11-14(22(23,24)25)4-13(5-26-11)20-31-16(9-39-20)30-17(36)7-34-10-28-19(15(34)8-35)33(3)21(37)27-6-18-29-12(2)32-38-18/h4-5,8-10H,6-7H2,1-3H3,(H,27,37)(H,30,36). The fourth-order valence-corrected chi connectivity index (χ4v) is 4.14. The molecule has 0 spiro atoms. The quantitative estimate of drug-likeness (QED) is 0.307. The average Bonchev–Trinajstić information content (AvgIpc) is 3.61. The van der Waals surface area contributed by atoms with Crippen molar-refractivity contribution in [1.29, 1.82) is 0 Å². The van der Waals surface area contributed by atoms with Gasteiger partial charge in [-0.25, -0.2) is 14.8 Å². The first-order chi connectivity index (χ1) is 18.5. The fourth-order valence-electron chi connectivity index (χ4n) is 3.40. The van der Waals surface area contributed by atoms with E-state index < -0.39 is 23.7 Å². The van der Waals surface area contributed by atoms with Crippen molar-refractivity contribution in [2.75, 3.05) is 17.3 Å². The number of pyridine rings is 1. The number of alkyl halides is 3. The highest BCUT2D eigenvalue weighted by Gasteiger charge is 2.33. The van der Waals surface area contributed by atoms with Crippen molar-refractivity contribution in [1.82, 2.24) is 35.0 Å². The van der Waals surface area contributed by atoms with E-state index in [1.54, 1.807) is 6.92 Å². The van der Waals surface area contributed by atoms with Crippen molar-refractivity contribution >= 4 is 41.2 Å². The molecule has 4 aromatic rings. The molecule has 0 aliphatic carbocycles. The lowest BCUT2D eigenvalue weighted by molar-refractivity contribution is -0.138. The number of hydrogen-bond acceptors (Lipinski definition) is 10. The molecule has 0 radical (unpaired) electrons. The molecule has 0 aromatic carbocycles. The maximum Gasteiger partial charge on any atom is 0.418 e. The van der Waals surface area contributed by atoms with Crippen molar-refractivity contribution in [3.8, 4) is 10.6 Å². The Labute approximate surface area is 222 Å². The van der Waals surface area contributed by atoms with Crippen LogP contribution in [0.5, 0.6) is 0 Å². The third-order valence-electron chi connectivity index (χ3n) is 5.28. The second kappa shape index (κ2) is 11.0. The molecule has 4 rings (SSSR count). The molecular weight excluding hydrogens is 543 g/mol. The zero-order valence-corrected chi connectivity index (χ0v) is 21.4. The van der Waals surface area contributed by atoms with E-state index in [1.807, 2.05) is 0 Å². The number of nitrogens with zero attached hydrogens (tertiary/aromatic N) is 7. The summed E-state index contributed by atoms with van der Waals surface area (Å²) in [6.45, 7) is 2.49. The van der Waals surface area contributed by atoms with Crippen molar-refractivity contribution in [3.63, 3.8) is 0 Å². The minimum Gasteiger partial charge on any atom is -0.337 e. The molecule has 0 saturated carbocycles. The summed E-state index contributed by atoms with van der Waals surface area (Å²) in [5.41, 5.74) is -0.925. The van der Waals surface area contributed by atoms with E-state index in [4.69, 9.17) is 4.52 Å². The molecule has 204 valence electrons. The van der Waals surface area contributed by atoms with Gasteiger partial charge in [0, 0.05) is 29.9 Å². The number of rotatable bonds is 8. The summed E-state index contributed by atoms with van der Waals surface area (Å²) in [6, 6.07) is 0.337. The summed E-state index contributed by atoms with van der Waals surface area (Å²) in [4.78, 5) is 53.9. The predicted octanol–water partition coefficient (Wildman–Crippen LogP) is 3.22. The van der Waals surface area contributed by atoms with Gasteiger partial charge in [0.25, 0.3) is 0 Å². The average molecular weight is 564 g/mol. The van der Waals surface area contributed by atoms with Gasteiger partial charge in [-0.15, -0.1) is 11.3 Å². The van der Waals surface area contributed by atoms with Gasteiger partial charge in [-0.1, -0.05) is 5.16 Å². The second-order valence-electron chi connectivity index (χ2n) is 8.09. The number of imidazole rings is 1. The van der Waals surface area contributed by atoms with Crippen LogP contribution in [-0.2, 0) is 24.1 Å². The summed E-state index contributed by atoms with van der Waals surface area (Å²) in [5, 5.41) is 10.4. The van der Waals surface area contributed by atoms with Crippen molar-refractivity contribution in [3.05, 3.63) is 52.6 Å². The summed E-state index contributed by atoms with van der Waals surface area (Å²) < 4.78 is 45.8. The minimum atomic E-state index is -4.57. The second-order valence-corrected chi connectivity index (χ2v) is 8.95. The van der Waals surface area contributed by atoms with Gasteiger partial charge in [0.1, 0.15) is 23.1 Å². The molecule has 0 saturated heterocycles. The Hall–Kier alpha value is -4.67. The number of amides is 3. The highest BCUT2D eigenvalue weighted by atomic mass is 32.1. The first-order valence-corrected chi connectivity index (χ1v) is 11.9. The highest BCUT2D eigenvalue weighted by Crippen LogP contribution is 2.34. The van der Waals surface area contributed by atoms with Gasteiger partial charge in [0.15, 0.2) is 17.9 Å². The predicted molar refractivity (Wildman–Crippen MR) is 131 cm³/mol. The number of anilines is 2. The molecule has 39 heavy (non-hydrogen) atoms. The number of aryl methyl sites for hydroxylation is 2.